The van der Waals surface area contributed by atoms with Gasteiger partial charge in [0.15, 0.2) is 5.76 Å². The van der Waals surface area contributed by atoms with Crippen molar-refractivity contribution in [3.63, 3.8) is 0 Å². The average molecular weight is 294 g/mol. The Kier molecular flexibility index (Phi) is 5.01. The highest BCUT2D eigenvalue weighted by molar-refractivity contribution is 5.93. The molecule has 0 bridgehead atoms. The maximum Gasteiger partial charge on any atom is 0.290 e. The van der Waals surface area contributed by atoms with E-state index in [1.54, 1.807) is 11.2 Å². The van der Waals surface area contributed by atoms with Crippen LogP contribution in [-0.2, 0) is 9.53 Å². The molecule has 1 fully saturated rings. The average Bonchev–Trinajstić information content (AvgIpc) is 2.94. The van der Waals surface area contributed by atoms with Crippen LogP contribution in [0.3, 0.4) is 0 Å². The molecule has 6 nitrogen and oxygen atoms in total. The lowest BCUT2D eigenvalue weighted by Gasteiger charge is -2.32. The molecule has 1 aliphatic heterocycles. The third-order valence-corrected chi connectivity index (χ3v) is 3.52. The molecule has 0 radical (unpaired) electrons. The third-order valence-electron chi connectivity index (χ3n) is 3.52. The van der Waals surface area contributed by atoms with Gasteiger partial charge >= 0.3 is 0 Å². The number of rotatable bonds is 4. The first-order valence-electron chi connectivity index (χ1n) is 7.21. The summed E-state index contributed by atoms with van der Waals surface area (Å²) in [6, 6.07) is 1.84. The fraction of sp³-hybridized carbons (Fsp3) is 0.600. The van der Waals surface area contributed by atoms with Crippen LogP contribution in [0.25, 0.3) is 0 Å². The van der Waals surface area contributed by atoms with E-state index in [2.05, 4.69) is 5.32 Å². The third kappa shape index (κ3) is 3.85. The first-order valence-corrected chi connectivity index (χ1v) is 7.21. The van der Waals surface area contributed by atoms with Gasteiger partial charge in [-0.15, -0.1) is 0 Å². The second-order valence-corrected chi connectivity index (χ2v) is 5.54. The van der Waals surface area contributed by atoms with E-state index in [1.165, 1.54) is 6.92 Å². The number of nitrogens with zero attached hydrogens (tertiary/aromatic N) is 1. The van der Waals surface area contributed by atoms with Gasteiger partial charge in [0.25, 0.3) is 5.91 Å². The molecule has 1 saturated heterocycles. The first kappa shape index (κ1) is 15.6. The Bertz CT molecular complexity index is 510. The van der Waals surface area contributed by atoms with Crippen LogP contribution in [0.4, 0.5) is 0 Å². The number of hydrogen-bond donors (Lipinski definition) is 1. The van der Waals surface area contributed by atoms with Gasteiger partial charge in [-0.3, -0.25) is 9.59 Å². The van der Waals surface area contributed by atoms with Crippen molar-refractivity contribution in [2.24, 2.45) is 0 Å². The number of furan rings is 1. The molecular weight excluding hydrogens is 272 g/mol. The van der Waals surface area contributed by atoms with Crippen molar-refractivity contribution < 1.29 is 18.7 Å². The van der Waals surface area contributed by atoms with Crippen molar-refractivity contribution in [3.05, 3.63) is 23.7 Å². The summed E-state index contributed by atoms with van der Waals surface area (Å²) >= 11 is 0. The van der Waals surface area contributed by atoms with E-state index in [-0.39, 0.29) is 23.8 Å². The Hall–Kier alpha value is -1.82. The zero-order valence-corrected chi connectivity index (χ0v) is 12.7. The number of nitrogens with one attached hydrogen (secondary N) is 1. The highest BCUT2D eigenvalue weighted by atomic mass is 16.5. The van der Waals surface area contributed by atoms with Gasteiger partial charge in [-0.2, -0.15) is 0 Å². The minimum atomic E-state index is -0.177. The molecule has 1 atom stereocenters. The lowest BCUT2D eigenvalue weighted by molar-refractivity contribution is -0.120. The summed E-state index contributed by atoms with van der Waals surface area (Å²) in [6.45, 7) is 7.39. The quantitative estimate of drug-likeness (QED) is 0.910. The maximum atomic E-state index is 12.6. The number of carbonyl (C=O) groups excluding carboxylic acids is 2. The summed E-state index contributed by atoms with van der Waals surface area (Å²) < 4.78 is 10.9. The van der Waals surface area contributed by atoms with Crippen molar-refractivity contribution >= 4 is 11.8 Å². The Morgan fingerprint density at radius 3 is 2.90 bits per heavy atom. The summed E-state index contributed by atoms with van der Waals surface area (Å²) in [4.78, 5) is 25.2. The van der Waals surface area contributed by atoms with Crippen LogP contribution in [-0.4, -0.2) is 49.1 Å². The van der Waals surface area contributed by atoms with Gasteiger partial charge < -0.3 is 19.4 Å². The Morgan fingerprint density at radius 2 is 2.24 bits per heavy atom. The molecule has 2 heterocycles. The van der Waals surface area contributed by atoms with Gasteiger partial charge in [0.2, 0.25) is 5.91 Å². The molecule has 0 aromatic carbocycles. The van der Waals surface area contributed by atoms with Crippen molar-refractivity contribution in [3.8, 4) is 0 Å². The summed E-state index contributed by atoms with van der Waals surface area (Å²) in [7, 11) is 0. The van der Waals surface area contributed by atoms with Crippen molar-refractivity contribution in [1.82, 2.24) is 10.2 Å². The minimum Gasteiger partial charge on any atom is -0.459 e. The molecule has 0 saturated carbocycles. The van der Waals surface area contributed by atoms with E-state index in [0.29, 0.717) is 32.0 Å². The maximum absolute atomic E-state index is 12.6. The molecule has 1 unspecified atom stereocenters. The molecule has 21 heavy (non-hydrogen) atoms. The number of morpholine rings is 1. The van der Waals surface area contributed by atoms with Gasteiger partial charge in [-0.1, -0.05) is 13.8 Å². The molecule has 1 aromatic rings. The Balaban J connectivity index is 2.01. The Morgan fingerprint density at radius 1 is 1.48 bits per heavy atom. The van der Waals surface area contributed by atoms with Crippen molar-refractivity contribution in [2.75, 3.05) is 26.2 Å². The van der Waals surface area contributed by atoms with Gasteiger partial charge in [0.05, 0.1) is 19.0 Å². The summed E-state index contributed by atoms with van der Waals surface area (Å²) in [5.41, 5.74) is 0.921. The van der Waals surface area contributed by atoms with Crippen LogP contribution in [0.1, 0.15) is 42.8 Å². The molecule has 1 aliphatic rings. The molecule has 0 spiro atoms. The second-order valence-electron chi connectivity index (χ2n) is 5.54. The normalized spacial score (nSPS) is 18.9. The fourth-order valence-corrected chi connectivity index (χ4v) is 2.38. The number of ether oxygens (including phenoxy) is 1. The lowest BCUT2D eigenvalue weighted by atomic mass is 10.0. The van der Waals surface area contributed by atoms with Crippen LogP contribution in [0.5, 0.6) is 0 Å². The predicted molar refractivity (Wildman–Crippen MR) is 77.1 cm³/mol. The van der Waals surface area contributed by atoms with Crippen LogP contribution in [0.15, 0.2) is 16.7 Å². The molecular formula is C15H22N2O4. The van der Waals surface area contributed by atoms with Crippen LogP contribution >= 0.6 is 0 Å². The van der Waals surface area contributed by atoms with Crippen molar-refractivity contribution in [1.29, 1.82) is 0 Å². The summed E-state index contributed by atoms with van der Waals surface area (Å²) in [5.74, 6) is 0.430. The number of hydrogen-bond acceptors (Lipinski definition) is 4. The highest BCUT2D eigenvalue weighted by Gasteiger charge is 2.28. The highest BCUT2D eigenvalue weighted by Crippen LogP contribution is 2.22. The number of carbonyl (C=O) groups is 2. The zero-order chi connectivity index (χ0) is 15.4. The van der Waals surface area contributed by atoms with E-state index in [9.17, 15) is 9.59 Å². The molecule has 1 aromatic heterocycles. The second kappa shape index (κ2) is 6.76. The predicted octanol–water partition coefficient (Wildman–Crippen LogP) is 1.38. The fourth-order valence-electron chi connectivity index (χ4n) is 2.38. The molecule has 116 valence electrons. The monoisotopic (exact) mass is 294 g/mol. The van der Waals surface area contributed by atoms with Gasteiger partial charge in [-0.25, -0.2) is 0 Å². The van der Waals surface area contributed by atoms with Gasteiger partial charge in [-0.05, 0) is 12.0 Å². The van der Waals surface area contributed by atoms with E-state index in [0.717, 1.165) is 5.56 Å². The SMILES string of the molecule is CC(=O)NCC1CN(C(=O)c2occc2C(C)C)CCO1. The molecule has 0 aliphatic carbocycles. The zero-order valence-electron chi connectivity index (χ0n) is 12.7. The largest absolute Gasteiger partial charge is 0.459 e. The van der Waals surface area contributed by atoms with Crippen LogP contribution in [0, 0.1) is 0 Å². The molecule has 1 N–H and O–H groups in total. The smallest absolute Gasteiger partial charge is 0.290 e. The van der Waals surface area contributed by atoms with Crippen LogP contribution < -0.4 is 5.32 Å². The van der Waals surface area contributed by atoms with Gasteiger partial charge in [0.1, 0.15) is 0 Å². The van der Waals surface area contributed by atoms with Crippen LogP contribution in [0.2, 0.25) is 0 Å². The lowest BCUT2D eigenvalue weighted by Crippen LogP contribution is -2.49. The molecule has 2 amide bonds. The van der Waals surface area contributed by atoms with Crippen molar-refractivity contribution in [2.45, 2.75) is 32.8 Å². The van der Waals surface area contributed by atoms with E-state index >= 15 is 0 Å². The van der Waals surface area contributed by atoms with E-state index in [1.807, 2.05) is 19.9 Å². The minimum absolute atomic E-state index is 0.102. The Labute approximate surface area is 124 Å². The van der Waals surface area contributed by atoms with Gasteiger partial charge in [0, 0.05) is 32.1 Å². The summed E-state index contributed by atoms with van der Waals surface area (Å²) in [5, 5.41) is 2.71. The molecule has 2 rings (SSSR count). The van der Waals surface area contributed by atoms with E-state index < -0.39 is 0 Å². The standard InChI is InChI=1S/C15H22N2O4/c1-10(2)13-4-6-21-14(13)15(19)17-5-7-20-12(9-17)8-16-11(3)18/h4,6,10,12H,5,7-9H2,1-3H3,(H,16,18). The topological polar surface area (TPSA) is 71.8 Å². The first-order chi connectivity index (χ1) is 9.99. The number of amides is 2. The summed E-state index contributed by atoms with van der Waals surface area (Å²) in [6.07, 6.45) is 1.38. The molecule has 6 heteroatoms. The van der Waals surface area contributed by atoms with E-state index in [4.69, 9.17) is 9.15 Å².